The van der Waals surface area contributed by atoms with Gasteiger partial charge in [0.2, 0.25) is 0 Å². The lowest BCUT2D eigenvalue weighted by atomic mass is 10.3. The molecule has 0 spiro atoms. The minimum Gasteiger partial charge on any atom is -0.507 e. The number of sulfone groups is 2. The zero-order valence-corrected chi connectivity index (χ0v) is 9.76. The van der Waals surface area contributed by atoms with Crippen LogP contribution in [0.25, 0.3) is 0 Å². The van der Waals surface area contributed by atoms with Crippen LogP contribution in [0.15, 0.2) is 28.0 Å². The lowest BCUT2D eigenvalue weighted by molar-refractivity contribution is 0.458. The van der Waals surface area contributed by atoms with Gasteiger partial charge in [-0.2, -0.15) is 0 Å². The van der Waals surface area contributed by atoms with E-state index in [1.54, 1.807) is 0 Å². The van der Waals surface area contributed by atoms with Crippen LogP contribution < -0.4 is 0 Å². The minimum atomic E-state index is -3.63. The number of phenols is 1. The summed E-state index contributed by atoms with van der Waals surface area (Å²) in [6.07, 6.45) is 1.86. The Morgan fingerprint density at radius 2 is 1.53 bits per heavy atom. The fraction of sp³-hybridized carbons (Fsp3) is 0.250. The van der Waals surface area contributed by atoms with Crippen LogP contribution in [-0.2, 0) is 19.7 Å². The summed E-state index contributed by atoms with van der Waals surface area (Å²) in [4.78, 5) is -0.522. The van der Waals surface area contributed by atoms with E-state index in [4.69, 9.17) is 0 Å². The fourth-order valence-corrected chi connectivity index (χ4v) is 2.53. The number of hydrogen-bond donors (Lipinski definition) is 1. The lowest BCUT2D eigenvalue weighted by Gasteiger charge is -2.04. The van der Waals surface area contributed by atoms with Gasteiger partial charge in [-0.25, -0.2) is 16.8 Å². The molecular formula is C8H10O5S2. The van der Waals surface area contributed by atoms with Crippen LogP contribution in [0, 0.1) is 0 Å². The van der Waals surface area contributed by atoms with Gasteiger partial charge in [0.15, 0.2) is 19.7 Å². The molecule has 0 amide bonds. The second kappa shape index (κ2) is 3.49. The Bertz CT molecular complexity index is 583. The lowest BCUT2D eigenvalue weighted by Crippen LogP contribution is -2.02. The molecule has 0 saturated carbocycles. The van der Waals surface area contributed by atoms with E-state index in [-0.39, 0.29) is 9.79 Å². The topological polar surface area (TPSA) is 88.5 Å². The Morgan fingerprint density at radius 1 is 1.00 bits per heavy atom. The molecule has 0 saturated heterocycles. The summed E-state index contributed by atoms with van der Waals surface area (Å²) in [5.41, 5.74) is 0. The summed E-state index contributed by atoms with van der Waals surface area (Å²) < 4.78 is 44.6. The molecule has 1 N–H and O–H groups in total. The molecule has 1 aromatic rings. The van der Waals surface area contributed by atoms with E-state index in [0.29, 0.717) is 0 Å². The standard InChI is InChI=1S/C8H10O5S2/c1-14(10,11)6-3-4-7(9)8(5-6)15(2,12)13/h3-5,9H,1-2H3. The summed E-state index contributed by atoms with van der Waals surface area (Å²) in [7, 11) is -7.11. The maximum atomic E-state index is 11.2. The minimum absolute atomic E-state index is 0.138. The summed E-state index contributed by atoms with van der Waals surface area (Å²) >= 11 is 0. The number of aromatic hydroxyl groups is 1. The summed E-state index contributed by atoms with van der Waals surface area (Å²) in [5.74, 6) is -0.454. The summed E-state index contributed by atoms with van der Waals surface area (Å²) in [6.45, 7) is 0. The fourth-order valence-electron chi connectivity index (χ4n) is 1.02. The van der Waals surface area contributed by atoms with Gasteiger partial charge in [-0.1, -0.05) is 0 Å². The highest BCUT2D eigenvalue weighted by Crippen LogP contribution is 2.25. The molecule has 15 heavy (non-hydrogen) atoms. The van der Waals surface area contributed by atoms with Crippen molar-refractivity contribution in [1.29, 1.82) is 0 Å². The number of phenolic OH excluding ortho intramolecular Hbond substituents is 1. The van der Waals surface area contributed by atoms with Crippen molar-refractivity contribution in [3.63, 3.8) is 0 Å². The highest BCUT2D eigenvalue weighted by molar-refractivity contribution is 7.91. The van der Waals surface area contributed by atoms with Gasteiger partial charge in [0.25, 0.3) is 0 Å². The first-order valence-electron chi connectivity index (χ1n) is 3.85. The molecule has 1 aromatic carbocycles. The van der Waals surface area contributed by atoms with Gasteiger partial charge >= 0.3 is 0 Å². The van der Waals surface area contributed by atoms with Crippen molar-refractivity contribution in [1.82, 2.24) is 0 Å². The Labute approximate surface area is 88.2 Å². The third-order valence-electron chi connectivity index (χ3n) is 1.76. The first-order valence-corrected chi connectivity index (χ1v) is 7.64. The number of rotatable bonds is 2. The molecule has 0 bridgehead atoms. The van der Waals surface area contributed by atoms with E-state index in [0.717, 1.165) is 30.7 Å². The second-order valence-electron chi connectivity index (χ2n) is 3.17. The SMILES string of the molecule is CS(=O)(=O)c1ccc(O)c(S(C)(=O)=O)c1. The van der Waals surface area contributed by atoms with Crippen LogP contribution in [0.5, 0.6) is 5.75 Å². The maximum absolute atomic E-state index is 11.2. The zero-order chi connectivity index (χ0) is 11.9. The predicted molar refractivity (Wildman–Crippen MR) is 54.3 cm³/mol. The van der Waals surface area contributed by atoms with E-state index < -0.39 is 25.4 Å². The van der Waals surface area contributed by atoms with Crippen molar-refractivity contribution in [2.75, 3.05) is 12.5 Å². The van der Waals surface area contributed by atoms with E-state index in [1.807, 2.05) is 0 Å². The van der Waals surface area contributed by atoms with Crippen molar-refractivity contribution in [2.24, 2.45) is 0 Å². The van der Waals surface area contributed by atoms with Crippen molar-refractivity contribution in [3.05, 3.63) is 18.2 Å². The first kappa shape index (κ1) is 12.0. The molecule has 0 heterocycles. The van der Waals surface area contributed by atoms with Crippen molar-refractivity contribution >= 4 is 19.7 Å². The molecule has 0 aliphatic heterocycles. The third-order valence-corrected chi connectivity index (χ3v) is 4.00. The molecule has 0 unspecified atom stereocenters. The molecule has 1 rings (SSSR count). The van der Waals surface area contributed by atoms with Crippen molar-refractivity contribution in [3.8, 4) is 5.75 Å². The molecule has 0 fully saturated rings. The molecule has 7 heteroatoms. The van der Waals surface area contributed by atoms with E-state index >= 15 is 0 Å². The average Bonchev–Trinajstić information content (AvgIpc) is 2.00. The van der Waals surface area contributed by atoms with Crippen LogP contribution >= 0.6 is 0 Å². The summed E-state index contributed by atoms with van der Waals surface area (Å²) in [6, 6.07) is 3.14. The molecule has 5 nitrogen and oxygen atoms in total. The van der Waals surface area contributed by atoms with Crippen molar-refractivity contribution in [2.45, 2.75) is 9.79 Å². The van der Waals surface area contributed by atoms with Gasteiger partial charge in [0.05, 0.1) is 4.90 Å². The maximum Gasteiger partial charge on any atom is 0.179 e. The zero-order valence-electron chi connectivity index (χ0n) is 8.13. The quantitative estimate of drug-likeness (QED) is 0.810. The van der Waals surface area contributed by atoms with E-state index in [9.17, 15) is 21.9 Å². The van der Waals surface area contributed by atoms with Crippen LogP contribution in [0.4, 0.5) is 0 Å². The van der Waals surface area contributed by atoms with Gasteiger partial charge < -0.3 is 5.11 Å². The normalized spacial score (nSPS) is 12.7. The molecular weight excluding hydrogens is 240 g/mol. The number of benzene rings is 1. The Balaban J connectivity index is 3.57. The second-order valence-corrected chi connectivity index (χ2v) is 7.17. The Morgan fingerprint density at radius 3 is 1.93 bits per heavy atom. The molecule has 0 aromatic heterocycles. The smallest absolute Gasteiger partial charge is 0.179 e. The Hall–Kier alpha value is -1.08. The van der Waals surface area contributed by atoms with Crippen LogP contribution in [0.1, 0.15) is 0 Å². The average molecular weight is 250 g/mol. The highest BCUT2D eigenvalue weighted by atomic mass is 32.2. The van der Waals surface area contributed by atoms with Crippen LogP contribution in [-0.4, -0.2) is 34.5 Å². The van der Waals surface area contributed by atoms with E-state index in [2.05, 4.69) is 0 Å². The van der Waals surface area contributed by atoms with E-state index in [1.165, 1.54) is 0 Å². The predicted octanol–water partition coefficient (Wildman–Crippen LogP) is 0.199. The first-order chi connectivity index (χ1) is 6.62. The Kier molecular flexibility index (Phi) is 2.79. The molecule has 0 aliphatic carbocycles. The van der Waals surface area contributed by atoms with Crippen molar-refractivity contribution < 1.29 is 21.9 Å². The monoisotopic (exact) mass is 250 g/mol. The van der Waals surface area contributed by atoms with Gasteiger partial charge in [0.1, 0.15) is 10.6 Å². The van der Waals surface area contributed by atoms with Gasteiger partial charge in [-0.3, -0.25) is 0 Å². The largest absolute Gasteiger partial charge is 0.507 e. The van der Waals surface area contributed by atoms with Gasteiger partial charge in [-0.05, 0) is 18.2 Å². The third kappa shape index (κ3) is 2.69. The van der Waals surface area contributed by atoms with Gasteiger partial charge in [-0.15, -0.1) is 0 Å². The molecule has 0 aliphatic rings. The molecule has 0 atom stereocenters. The number of hydrogen-bond acceptors (Lipinski definition) is 5. The van der Waals surface area contributed by atoms with Gasteiger partial charge in [0, 0.05) is 12.5 Å². The van der Waals surface area contributed by atoms with Crippen LogP contribution in [0.2, 0.25) is 0 Å². The van der Waals surface area contributed by atoms with Crippen LogP contribution in [0.3, 0.4) is 0 Å². The molecule has 0 radical (unpaired) electrons. The highest BCUT2D eigenvalue weighted by Gasteiger charge is 2.17. The molecule has 84 valence electrons. The summed E-state index contributed by atoms with van der Waals surface area (Å²) in [5, 5.41) is 9.26.